The highest BCUT2D eigenvalue weighted by molar-refractivity contribution is 5.68. The van der Waals surface area contributed by atoms with Gasteiger partial charge in [-0.25, -0.2) is 4.79 Å². The third kappa shape index (κ3) is 4.61. The quantitative estimate of drug-likeness (QED) is 0.858. The van der Waals surface area contributed by atoms with Crippen molar-refractivity contribution in [1.82, 2.24) is 10.2 Å². The number of amides is 1. The first kappa shape index (κ1) is 17.6. The Morgan fingerprint density at radius 3 is 2.59 bits per heavy atom. The lowest BCUT2D eigenvalue weighted by Gasteiger charge is -2.41. The predicted molar refractivity (Wildman–Crippen MR) is 90.0 cm³/mol. The largest absolute Gasteiger partial charge is 0.444 e. The highest BCUT2D eigenvalue weighted by Gasteiger charge is 2.35. The van der Waals surface area contributed by atoms with Crippen LogP contribution in [-0.4, -0.2) is 41.3 Å². The molecule has 1 saturated heterocycles. The maximum absolute atomic E-state index is 12.4. The van der Waals surface area contributed by atoms with E-state index in [1.807, 2.05) is 25.7 Å². The van der Waals surface area contributed by atoms with Crippen molar-refractivity contribution in [1.29, 1.82) is 0 Å². The molecule has 1 heterocycles. The van der Waals surface area contributed by atoms with Crippen molar-refractivity contribution in [3.63, 3.8) is 0 Å². The van der Waals surface area contributed by atoms with Crippen molar-refractivity contribution < 1.29 is 9.53 Å². The van der Waals surface area contributed by atoms with Gasteiger partial charge in [0.2, 0.25) is 0 Å². The highest BCUT2D eigenvalue weighted by Crippen LogP contribution is 2.30. The number of piperidine rings is 1. The van der Waals surface area contributed by atoms with Gasteiger partial charge < -0.3 is 15.0 Å². The van der Waals surface area contributed by atoms with Crippen LogP contribution in [0.15, 0.2) is 0 Å². The molecule has 1 amide bonds. The van der Waals surface area contributed by atoms with E-state index in [-0.39, 0.29) is 12.1 Å². The van der Waals surface area contributed by atoms with Gasteiger partial charge in [0, 0.05) is 24.7 Å². The zero-order chi connectivity index (χ0) is 16.3. The van der Waals surface area contributed by atoms with E-state index in [0.717, 1.165) is 25.3 Å². The van der Waals surface area contributed by atoms with E-state index in [1.165, 1.54) is 25.7 Å². The number of likely N-dealkylation sites (tertiary alicyclic amines) is 1. The first-order chi connectivity index (χ1) is 10.3. The highest BCUT2D eigenvalue weighted by atomic mass is 16.6. The van der Waals surface area contributed by atoms with E-state index < -0.39 is 5.60 Å². The van der Waals surface area contributed by atoms with Gasteiger partial charge in [0.15, 0.2) is 0 Å². The maximum Gasteiger partial charge on any atom is 0.410 e. The predicted octanol–water partition coefficient (Wildman–Crippen LogP) is 3.94. The van der Waals surface area contributed by atoms with Crippen LogP contribution in [0.25, 0.3) is 0 Å². The van der Waals surface area contributed by atoms with Gasteiger partial charge in [-0.05, 0) is 65.7 Å². The van der Waals surface area contributed by atoms with Gasteiger partial charge in [0.1, 0.15) is 5.60 Å². The van der Waals surface area contributed by atoms with E-state index in [4.69, 9.17) is 4.74 Å². The third-order valence-corrected chi connectivity index (χ3v) is 5.18. The van der Waals surface area contributed by atoms with Crippen LogP contribution in [-0.2, 0) is 4.74 Å². The molecule has 128 valence electrons. The summed E-state index contributed by atoms with van der Waals surface area (Å²) in [7, 11) is 0. The normalized spacial score (nSPS) is 33.0. The lowest BCUT2D eigenvalue weighted by molar-refractivity contribution is 0.00632. The smallest absolute Gasteiger partial charge is 0.410 e. The first-order valence-corrected chi connectivity index (χ1v) is 9.06. The number of hydrogen-bond donors (Lipinski definition) is 1. The van der Waals surface area contributed by atoms with Gasteiger partial charge in [0.25, 0.3) is 0 Å². The van der Waals surface area contributed by atoms with Gasteiger partial charge >= 0.3 is 6.09 Å². The molecule has 0 aromatic rings. The fraction of sp³-hybridized carbons (Fsp3) is 0.944. The molecule has 1 saturated carbocycles. The van der Waals surface area contributed by atoms with Gasteiger partial charge in [-0.15, -0.1) is 0 Å². The van der Waals surface area contributed by atoms with Crippen LogP contribution in [0.5, 0.6) is 0 Å². The Morgan fingerprint density at radius 2 is 2.00 bits per heavy atom. The zero-order valence-electron chi connectivity index (χ0n) is 15.0. The molecule has 2 aliphatic rings. The average molecular weight is 310 g/mol. The van der Waals surface area contributed by atoms with Crippen molar-refractivity contribution >= 4 is 6.09 Å². The number of nitrogens with zero attached hydrogens (tertiary/aromatic N) is 1. The summed E-state index contributed by atoms with van der Waals surface area (Å²) in [6.07, 6.45) is 7.29. The molecule has 0 bridgehead atoms. The molecule has 0 spiro atoms. The Balaban J connectivity index is 1.89. The van der Waals surface area contributed by atoms with Crippen LogP contribution in [0.1, 0.15) is 73.1 Å². The molecule has 0 aromatic heterocycles. The minimum Gasteiger partial charge on any atom is -0.444 e. The molecule has 4 unspecified atom stereocenters. The van der Waals surface area contributed by atoms with Crippen molar-refractivity contribution in [2.75, 3.05) is 6.54 Å². The summed E-state index contributed by atoms with van der Waals surface area (Å²) >= 11 is 0. The van der Waals surface area contributed by atoms with Gasteiger partial charge in [-0.1, -0.05) is 13.3 Å². The Bertz CT molecular complexity index is 378. The molecule has 0 aromatic carbocycles. The molecule has 2 fully saturated rings. The number of nitrogens with one attached hydrogen (secondary N) is 1. The minimum absolute atomic E-state index is 0.163. The Kier molecular flexibility index (Phi) is 5.76. The van der Waals surface area contributed by atoms with E-state index in [0.29, 0.717) is 12.1 Å². The second-order valence-corrected chi connectivity index (χ2v) is 8.11. The Hall–Kier alpha value is -0.770. The fourth-order valence-electron chi connectivity index (χ4n) is 3.84. The van der Waals surface area contributed by atoms with Gasteiger partial charge in [-0.3, -0.25) is 0 Å². The molecule has 4 atom stereocenters. The molecule has 22 heavy (non-hydrogen) atoms. The molecule has 0 radical (unpaired) electrons. The van der Waals surface area contributed by atoms with Gasteiger partial charge in [-0.2, -0.15) is 0 Å². The second-order valence-electron chi connectivity index (χ2n) is 8.11. The monoisotopic (exact) mass is 310 g/mol. The van der Waals surface area contributed by atoms with E-state index in [2.05, 4.69) is 19.2 Å². The second kappa shape index (κ2) is 7.20. The summed E-state index contributed by atoms with van der Waals surface area (Å²) in [4.78, 5) is 14.3. The molecule has 1 N–H and O–H groups in total. The van der Waals surface area contributed by atoms with Crippen molar-refractivity contribution in [3.05, 3.63) is 0 Å². The number of hydrogen-bond acceptors (Lipinski definition) is 3. The van der Waals surface area contributed by atoms with E-state index in [9.17, 15) is 4.79 Å². The summed E-state index contributed by atoms with van der Waals surface area (Å²) in [5.41, 5.74) is -0.420. The van der Waals surface area contributed by atoms with Crippen LogP contribution in [0, 0.1) is 5.92 Å². The SMILES string of the molecule is CCC1CCC(NC2CCCN(C(=O)OC(C)(C)C)C2C)C1. The lowest BCUT2D eigenvalue weighted by Crippen LogP contribution is -2.56. The number of carbonyl (C=O) groups excluding carboxylic acids is 1. The average Bonchev–Trinajstić information content (AvgIpc) is 2.87. The van der Waals surface area contributed by atoms with E-state index in [1.54, 1.807) is 0 Å². The molecule has 4 nitrogen and oxygen atoms in total. The van der Waals surface area contributed by atoms with Crippen LogP contribution in [0.2, 0.25) is 0 Å². The minimum atomic E-state index is -0.420. The molecular formula is C18H34N2O2. The molecular weight excluding hydrogens is 276 g/mol. The Morgan fingerprint density at radius 1 is 1.27 bits per heavy atom. The van der Waals surface area contributed by atoms with Gasteiger partial charge in [0.05, 0.1) is 0 Å². The summed E-state index contributed by atoms with van der Waals surface area (Å²) in [5.74, 6) is 0.887. The van der Waals surface area contributed by atoms with E-state index >= 15 is 0 Å². The fourth-order valence-corrected chi connectivity index (χ4v) is 3.84. The van der Waals surface area contributed by atoms with Crippen molar-refractivity contribution in [3.8, 4) is 0 Å². The standard InChI is InChI=1S/C18H34N2O2/c1-6-14-9-10-15(12-14)19-16-8-7-11-20(13(16)2)17(21)22-18(3,4)5/h13-16,19H,6-12H2,1-5H3. The summed E-state index contributed by atoms with van der Waals surface area (Å²) in [6, 6.07) is 1.25. The Labute approximate surface area is 136 Å². The molecule has 1 aliphatic carbocycles. The summed E-state index contributed by atoms with van der Waals surface area (Å²) in [6.45, 7) is 11.1. The zero-order valence-corrected chi connectivity index (χ0v) is 15.0. The number of ether oxygens (including phenoxy) is 1. The molecule has 1 aliphatic heterocycles. The molecule has 4 heteroatoms. The first-order valence-electron chi connectivity index (χ1n) is 9.06. The van der Waals surface area contributed by atoms with Crippen LogP contribution >= 0.6 is 0 Å². The van der Waals surface area contributed by atoms with Crippen molar-refractivity contribution in [2.45, 2.75) is 96.9 Å². The topological polar surface area (TPSA) is 41.6 Å². The number of rotatable bonds is 3. The molecule has 2 rings (SSSR count). The van der Waals surface area contributed by atoms with Crippen LogP contribution < -0.4 is 5.32 Å². The lowest BCUT2D eigenvalue weighted by atomic mass is 9.96. The van der Waals surface area contributed by atoms with Crippen LogP contribution in [0.4, 0.5) is 4.79 Å². The van der Waals surface area contributed by atoms with Crippen molar-refractivity contribution in [2.24, 2.45) is 5.92 Å². The third-order valence-electron chi connectivity index (χ3n) is 5.18. The maximum atomic E-state index is 12.4. The summed E-state index contributed by atoms with van der Waals surface area (Å²) < 4.78 is 5.56. The van der Waals surface area contributed by atoms with Crippen LogP contribution in [0.3, 0.4) is 0 Å². The number of carbonyl (C=O) groups is 1. The summed E-state index contributed by atoms with van der Waals surface area (Å²) in [5, 5.41) is 3.83.